The Morgan fingerprint density at radius 1 is 1.16 bits per heavy atom. The van der Waals surface area contributed by atoms with E-state index in [1.54, 1.807) is 17.8 Å². The number of hydrogen-bond acceptors (Lipinski definition) is 3. The first-order chi connectivity index (χ1) is 12.2. The standard InChI is InChI=1S/C20H22N2O2S/c1-2-19(23)22-12-10-15-14-16(8-9-18(15)22)20(24)21-11-13-25-17-6-4-3-5-7-17/h3-9,14H,2,10-13H2,1H3,(H,21,24). The summed E-state index contributed by atoms with van der Waals surface area (Å²) in [5.41, 5.74) is 2.69. The SMILES string of the molecule is CCC(=O)N1CCc2cc(C(=O)NCCSc3ccccc3)ccc21. The first-order valence-corrected chi connectivity index (χ1v) is 9.57. The summed E-state index contributed by atoms with van der Waals surface area (Å²) in [6.07, 6.45) is 1.31. The molecule has 2 amide bonds. The predicted molar refractivity (Wildman–Crippen MR) is 102 cm³/mol. The van der Waals surface area contributed by atoms with Crippen LogP contribution in [0.2, 0.25) is 0 Å². The summed E-state index contributed by atoms with van der Waals surface area (Å²) in [5.74, 6) is 0.907. The molecule has 2 aromatic carbocycles. The lowest BCUT2D eigenvalue weighted by Gasteiger charge is -2.16. The molecule has 25 heavy (non-hydrogen) atoms. The summed E-state index contributed by atoms with van der Waals surface area (Å²) in [4.78, 5) is 27.3. The number of nitrogens with one attached hydrogen (secondary N) is 1. The fraction of sp³-hybridized carbons (Fsp3) is 0.300. The molecule has 0 bridgehead atoms. The summed E-state index contributed by atoms with van der Waals surface area (Å²) in [5, 5.41) is 2.97. The molecule has 1 heterocycles. The van der Waals surface area contributed by atoms with Crippen LogP contribution < -0.4 is 10.2 Å². The van der Waals surface area contributed by atoms with Gasteiger partial charge in [-0.25, -0.2) is 0 Å². The molecule has 0 aromatic heterocycles. The van der Waals surface area contributed by atoms with Crippen LogP contribution in [0, 0.1) is 0 Å². The molecule has 1 aliphatic rings. The number of benzene rings is 2. The van der Waals surface area contributed by atoms with E-state index in [2.05, 4.69) is 17.4 Å². The van der Waals surface area contributed by atoms with Crippen LogP contribution in [-0.2, 0) is 11.2 Å². The van der Waals surface area contributed by atoms with E-state index < -0.39 is 0 Å². The average molecular weight is 354 g/mol. The number of nitrogens with zero attached hydrogens (tertiary/aromatic N) is 1. The fourth-order valence-corrected chi connectivity index (χ4v) is 3.73. The molecular formula is C20H22N2O2S. The lowest BCUT2D eigenvalue weighted by atomic mass is 10.1. The Morgan fingerprint density at radius 2 is 1.96 bits per heavy atom. The minimum atomic E-state index is -0.0586. The van der Waals surface area contributed by atoms with Crippen molar-refractivity contribution >= 4 is 29.3 Å². The Bertz CT molecular complexity index is 762. The highest BCUT2D eigenvalue weighted by Crippen LogP contribution is 2.29. The summed E-state index contributed by atoms with van der Waals surface area (Å²) < 4.78 is 0. The zero-order valence-corrected chi connectivity index (χ0v) is 15.1. The second-order valence-corrected chi connectivity index (χ2v) is 7.08. The number of anilines is 1. The van der Waals surface area contributed by atoms with Crippen LogP contribution >= 0.6 is 11.8 Å². The van der Waals surface area contributed by atoms with Crippen molar-refractivity contribution in [2.24, 2.45) is 0 Å². The van der Waals surface area contributed by atoms with Crippen LogP contribution in [0.1, 0.15) is 29.3 Å². The zero-order chi connectivity index (χ0) is 17.6. The Kier molecular flexibility index (Phi) is 5.76. The summed E-state index contributed by atoms with van der Waals surface area (Å²) in [6.45, 7) is 3.20. The summed E-state index contributed by atoms with van der Waals surface area (Å²) >= 11 is 1.72. The summed E-state index contributed by atoms with van der Waals surface area (Å²) in [6, 6.07) is 15.8. The van der Waals surface area contributed by atoms with E-state index in [4.69, 9.17) is 0 Å². The third kappa shape index (κ3) is 4.23. The first-order valence-electron chi connectivity index (χ1n) is 8.58. The van der Waals surface area contributed by atoms with Gasteiger partial charge in [0.25, 0.3) is 5.91 Å². The molecule has 1 N–H and O–H groups in total. The molecule has 130 valence electrons. The van der Waals surface area contributed by atoms with Gasteiger partial charge in [-0.05, 0) is 42.3 Å². The Balaban J connectivity index is 1.54. The van der Waals surface area contributed by atoms with Crippen LogP contribution in [0.4, 0.5) is 5.69 Å². The van der Waals surface area contributed by atoms with Crippen LogP contribution in [-0.4, -0.2) is 30.7 Å². The normalized spacial score (nSPS) is 12.8. The highest BCUT2D eigenvalue weighted by molar-refractivity contribution is 7.99. The van der Waals surface area contributed by atoms with Gasteiger partial charge in [-0.15, -0.1) is 11.8 Å². The number of fused-ring (bicyclic) bond motifs is 1. The molecule has 0 radical (unpaired) electrons. The third-order valence-corrected chi connectivity index (χ3v) is 5.25. The van der Waals surface area contributed by atoms with E-state index in [-0.39, 0.29) is 11.8 Å². The second kappa shape index (κ2) is 8.21. The molecule has 4 nitrogen and oxygen atoms in total. The van der Waals surface area contributed by atoms with E-state index in [0.29, 0.717) is 25.1 Å². The highest BCUT2D eigenvalue weighted by atomic mass is 32.2. The predicted octanol–water partition coefficient (Wildman–Crippen LogP) is 3.51. The molecule has 2 aromatic rings. The molecule has 0 unspecified atom stereocenters. The van der Waals surface area contributed by atoms with Crippen LogP contribution in [0.3, 0.4) is 0 Å². The molecule has 0 aliphatic carbocycles. The van der Waals surface area contributed by atoms with Gasteiger partial charge < -0.3 is 10.2 Å². The second-order valence-electron chi connectivity index (χ2n) is 5.91. The van der Waals surface area contributed by atoms with E-state index >= 15 is 0 Å². The van der Waals surface area contributed by atoms with Crippen LogP contribution in [0.15, 0.2) is 53.4 Å². The third-order valence-electron chi connectivity index (χ3n) is 4.24. The zero-order valence-electron chi connectivity index (χ0n) is 14.3. The maximum Gasteiger partial charge on any atom is 0.251 e. The monoisotopic (exact) mass is 354 g/mol. The maximum absolute atomic E-state index is 12.3. The highest BCUT2D eigenvalue weighted by Gasteiger charge is 2.24. The minimum Gasteiger partial charge on any atom is -0.351 e. The van der Waals surface area contributed by atoms with E-state index in [9.17, 15) is 9.59 Å². The quantitative estimate of drug-likeness (QED) is 0.638. The molecule has 0 atom stereocenters. The molecule has 0 saturated heterocycles. The molecule has 5 heteroatoms. The van der Waals surface area contributed by atoms with Gasteiger partial charge in [0.15, 0.2) is 0 Å². The molecule has 0 fully saturated rings. The van der Waals surface area contributed by atoms with Gasteiger partial charge in [0.1, 0.15) is 0 Å². The molecule has 0 spiro atoms. The number of amides is 2. The lowest BCUT2D eigenvalue weighted by molar-refractivity contribution is -0.118. The van der Waals surface area contributed by atoms with Crippen molar-refractivity contribution < 1.29 is 9.59 Å². The van der Waals surface area contributed by atoms with Gasteiger partial charge in [-0.3, -0.25) is 9.59 Å². The number of hydrogen-bond donors (Lipinski definition) is 1. The Labute approximate surface area is 152 Å². The molecule has 0 saturated carbocycles. The van der Waals surface area contributed by atoms with Crippen molar-refractivity contribution in [2.75, 3.05) is 23.7 Å². The van der Waals surface area contributed by atoms with Crippen molar-refractivity contribution in [3.8, 4) is 0 Å². The van der Waals surface area contributed by atoms with Crippen molar-refractivity contribution in [1.29, 1.82) is 0 Å². The van der Waals surface area contributed by atoms with Gasteiger partial charge >= 0.3 is 0 Å². The minimum absolute atomic E-state index is 0.0586. The smallest absolute Gasteiger partial charge is 0.251 e. The number of thioether (sulfide) groups is 1. The van der Waals surface area contributed by atoms with Crippen molar-refractivity contribution in [2.45, 2.75) is 24.7 Å². The van der Waals surface area contributed by atoms with E-state index in [1.807, 2.05) is 42.2 Å². The van der Waals surface area contributed by atoms with Crippen molar-refractivity contribution in [3.05, 3.63) is 59.7 Å². The lowest BCUT2D eigenvalue weighted by Crippen LogP contribution is -2.28. The molecule has 1 aliphatic heterocycles. The number of rotatable bonds is 6. The maximum atomic E-state index is 12.3. The number of carbonyl (C=O) groups excluding carboxylic acids is 2. The van der Waals surface area contributed by atoms with Gasteiger partial charge in [-0.2, -0.15) is 0 Å². The fourth-order valence-electron chi connectivity index (χ4n) is 2.95. The molecular weight excluding hydrogens is 332 g/mol. The largest absolute Gasteiger partial charge is 0.351 e. The number of carbonyl (C=O) groups is 2. The van der Waals surface area contributed by atoms with Gasteiger partial charge in [0.2, 0.25) is 5.91 Å². The Hall–Kier alpha value is -2.27. The first kappa shape index (κ1) is 17.5. The van der Waals surface area contributed by atoms with Crippen molar-refractivity contribution in [3.63, 3.8) is 0 Å². The summed E-state index contributed by atoms with van der Waals surface area (Å²) in [7, 11) is 0. The topological polar surface area (TPSA) is 49.4 Å². The van der Waals surface area contributed by atoms with Gasteiger partial charge in [-0.1, -0.05) is 25.1 Å². The van der Waals surface area contributed by atoms with Crippen LogP contribution in [0.25, 0.3) is 0 Å². The van der Waals surface area contributed by atoms with Gasteiger partial charge in [0, 0.05) is 41.4 Å². The Morgan fingerprint density at radius 3 is 2.72 bits per heavy atom. The van der Waals surface area contributed by atoms with Gasteiger partial charge in [0.05, 0.1) is 0 Å². The van der Waals surface area contributed by atoms with E-state index in [0.717, 1.165) is 23.4 Å². The van der Waals surface area contributed by atoms with Crippen LogP contribution in [0.5, 0.6) is 0 Å². The van der Waals surface area contributed by atoms with Crippen molar-refractivity contribution in [1.82, 2.24) is 5.32 Å². The average Bonchev–Trinajstić information content (AvgIpc) is 3.08. The molecule has 3 rings (SSSR count). The van der Waals surface area contributed by atoms with E-state index in [1.165, 1.54) is 4.90 Å².